The molecule has 1 aliphatic heterocycles. The lowest BCUT2D eigenvalue weighted by molar-refractivity contribution is 0.0726. The lowest BCUT2D eigenvalue weighted by Crippen LogP contribution is -2.39. The van der Waals surface area contributed by atoms with Gasteiger partial charge in [0.2, 0.25) is 0 Å². The van der Waals surface area contributed by atoms with Crippen LogP contribution in [0, 0.1) is 27.7 Å². The molecule has 0 bridgehead atoms. The van der Waals surface area contributed by atoms with Crippen molar-refractivity contribution in [3.63, 3.8) is 0 Å². The third kappa shape index (κ3) is 3.34. The topological polar surface area (TPSA) is 81.8 Å². The summed E-state index contributed by atoms with van der Waals surface area (Å²) in [5.41, 5.74) is 6.39. The monoisotopic (exact) mass is 444 g/mol. The second-order valence-electron chi connectivity index (χ2n) is 7.80. The number of aromatic nitrogens is 3. The molecule has 0 unspecified atom stereocenters. The molecular weight excluding hydrogens is 423 g/mol. The van der Waals surface area contributed by atoms with Gasteiger partial charge in [-0.15, -0.1) is 0 Å². The Kier molecular flexibility index (Phi) is 5.24. The van der Waals surface area contributed by atoms with Gasteiger partial charge < -0.3 is 9.88 Å². The molecule has 3 aromatic rings. The molecule has 0 atom stereocenters. The molecule has 0 spiro atoms. The molecule has 0 saturated carbocycles. The lowest BCUT2D eigenvalue weighted by atomic mass is 9.92. The van der Waals surface area contributed by atoms with Crippen LogP contribution in [-0.2, 0) is 13.0 Å². The Hall–Kier alpha value is -2.57. The predicted molar refractivity (Wildman–Crippen MR) is 118 cm³/mol. The number of fused-ring (bicyclic) bond motifs is 1. The second-order valence-corrected chi connectivity index (χ2v) is 8.59. The standard InChI is InChI=1S/C22H22Cl2N4O2/c1-10-7-11(2)25-21(29)16(10)9-28-6-5-14-17(23)8-15(20(24)19(14)22(28)30)18-12(3)26-27-13(18)4/h7-8H,5-6,9H2,1-4H3,(H,25,29)(H,26,27). The van der Waals surface area contributed by atoms with Crippen molar-refractivity contribution >= 4 is 29.1 Å². The maximum atomic E-state index is 13.4. The highest BCUT2D eigenvalue weighted by Gasteiger charge is 2.31. The second kappa shape index (κ2) is 7.60. The van der Waals surface area contributed by atoms with Crippen molar-refractivity contribution in [3.05, 3.63) is 71.9 Å². The zero-order chi connectivity index (χ0) is 21.7. The highest BCUT2D eigenvalue weighted by molar-refractivity contribution is 6.39. The highest BCUT2D eigenvalue weighted by atomic mass is 35.5. The third-order valence-corrected chi connectivity index (χ3v) is 6.42. The number of aromatic amines is 2. The summed E-state index contributed by atoms with van der Waals surface area (Å²) in [5.74, 6) is -0.219. The number of hydrogen-bond acceptors (Lipinski definition) is 3. The fourth-order valence-electron chi connectivity index (χ4n) is 4.19. The van der Waals surface area contributed by atoms with E-state index in [2.05, 4.69) is 15.2 Å². The van der Waals surface area contributed by atoms with Crippen LogP contribution in [0.25, 0.3) is 11.1 Å². The number of rotatable bonds is 3. The Morgan fingerprint density at radius 2 is 1.83 bits per heavy atom. The minimum Gasteiger partial charge on any atom is -0.334 e. The van der Waals surface area contributed by atoms with Gasteiger partial charge in [0, 0.05) is 39.6 Å². The first kappa shape index (κ1) is 20.7. The van der Waals surface area contributed by atoms with Crippen molar-refractivity contribution in [2.24, 2.45) is 0 Å². The Morgan fingerprint density at radius 1 is 1.10 bits per heavy atom. The van der Waals surface area contributed by atoms with Crippen molar-refractivity contribution in [3.8, 4) is 11.1 Å². The zero-order valence-electron chi connectivity index (χ0n) is 17.2. The van der Waals surface area contributed by atoms with Crippen LogP contribution in [0.5, 0.6) is 0 Å². The van der Waals surface area contributed by atoms with E-state index in [4.69, 9.17) is 23.2 Å². The van der Waals surface area contributed by atoms with Crippen LogP contribution in [-0.4, -0.2) is 32.5 Å². The molecule has 0 radical (unpaired) electrons. The van der Waals surface area contributed by atoms with Gasteiger partial charge in [0.1, 0.15) is 0 Å². The molecule has 4 rings (SSSR count). The summed E-state index contributed by atoms with van der Waals surface area (Å²) in [4.78, 5) is 30.3. The molecule has 3 heterocycles. The van der Waals surface area contributed by atoms with Crippen LogP contribution < -0.4 is 5.56 Å². The Bertz CT molecular complexity index is 1220. The molecule has 0 saturated heterocycles. The molecule has 0 aliphatic carbocycles. The molecule has 8 heteroatoms. The van der Waals surface area contributed by atoms with E-state index >= 15 is 0 Å². The Labute approximate surface area is 184 Å². The van der Waals surface area contributed by atoms with Crippen molar-refractivity contribution < 1.29 is 4.79 Å². The smallest absolute Gasteiger partial charge is 0.256 e. The normalized spacial score (nSPS) is 13.7. The maximum absolute atomic E-state index is 13.4. The maximum Gasteiger partial charge on any atom is 0.256 e. The van der Waals surface area contributed by atoms with E-state index < -0.39 is 0 Å². The summed E-state index contributed by atoms with van der Waals surface area (Å²) in [7, 11) is 0. The zero-order valence-corrected chi connectivity index (χ0v) is 18.8. The lowest BCUT2D eigenvalue weighted by Gasteiger charge is -2.30. The van der Waals surface area contributed by atoms with Crippen molar-refractivity contribution in [2.45, 2.75) is 40.7 Å². The van der Waals surface area contributed by atoms with Crippen LogP contribution in [0.1, 0.15) is 44.1 Å². The van der Waals surface area contributed by atoms with Crippen LogP contribution in [0.2, 0.25) is 10.0 Å². The Morgan fingerprint density at radius 3 is 2.47 bits per heavy atom. The molecular formula is C22H22Cl2N4O2. The van der Waals surface area contributed by atoms with E-state index in [1.807, 2.05) is 39.8 Å². The largest absolute Gasteiger partial charge is 0.334 e. The number of H-pyrrole nitrogens is 2. The molecule has 1 amide bonds. The molecule has 1 aromatic carbocycles. The summed E-state index contributed by atoms with van der Waals surface area (Å²) in [6.45, 7) is 8.19. The number of aryl methyl sites for hydroxylation is 4. The number of amides is 1. The van der Waals surface area contributed by atoms with E-state index in [1.54, 1.807) is 4.90 Å². The van der Waals surface area contributed by atoms with Crippen molar-refractivity contribution in [1.82, 2.24) is 20.1 Å². The number of halogens is 2. The fourth-order valence-corrected chi connectivity index (χ4v) is 4.83. The molecule has 30 heavy (non-hydrogen) atoms. The van der Waals surface area contributed by atoms with E-state index in [1.165, 1.54) is 0 Å². The van der Waals surface area contributed by atoms with Crippen LogP contribution >= 0.6 is 23.2 Å². The number of nitrogens with one attached hydrogen (secondary N) is 2. The first-order valence-electron chi connectivity index (χ1n) is 9.70. The summed E-state index contributed by atoms with van der Waals surface area (Å²) >= 11 is 13.3. The van der Waals surface area contributed by atoms with Gasteiger partial charge in [-0.25, -0.2) is 0 Å². The predicted octanol–water partition coefficient (Wildman–Crippen LogP) is 4.50. The molecule has 1 aliphatic rings. The Balaban J connectivity index is 1.79. The SMILES string of the molecule is Cc1cc(C)c(CN2CCc3c(Cl)cc(-c4c(C)n[nH]c4C)c(Cl)c3C2=O)c(=O)[nH]1. The first-order valence-corrected chi connectivity index (χ1v) is 10.5. The van der Waals surface area contributed by atoms with Crippen LogP contribution in [0.15, 0.2) is 16.9 Å². The molecule has 0 fully saturated rings. The third-order valence-electron chi connectivity index (χ3n) is 5.69. The van der Waals surface area contributed by atoms with Gasteiger partial charge in [0.05, 0.1) is 22.8 Å². The van der Waals surface area contributed by atoms with Crippen molar-refractivity contribution in [2.75, 3.05) is 6.54 Å². The quantitative estimate of drug-likeness (QED) is 0.623. The average molecular weight is 445 g/mol. The summed E-state index contributed by atoms with van der Waals surface area (Å²) < 4.78 is 0. The molecule has 6 nitrogen and oxygen atoms in total. The molecule has 2 N–H and O–H groups in total. The number of hydrogen-bond donors (Lipinski definition) is 2. The van der Waals surface area contributed by atoms with E-state index in [0.29, 0.717) is 39.7 Å². The number of carbonyl (C=O) groups excluding carboxylic acids is 1. The van der Waals surface area contributed by atoms with Crippen molar-refractivity contribution in [1.29, 1.82) is 0 Å². The van der Waals surface area contributed by atoms with E-state index in [0.717, 1.165) is 33.8 Å². The number of pyridine rings is 1. The van der Waals surface area contributed by atoms with Gasteiger partial charge in [0.25, 0.3) is 11.5 Å². The van der Waals surface area contributed by atoms with Crippen LogP contribution in [0.4, 0.5) is 0 Å². The average Bonchev–Trinajstić information content (AvgIpc) is 3.00. The number of carbonyl (C=O) groups is 1. The van der Waals surface area contributed by atoms with Gasteiger partial charge in [0.15, 0.2) is 0 Å². The molecule has 2 aromatic heterocycles. The first-order chi connectivity index (χ1) is 14.2. The van der Waals surface area contributed by atoms with Gasteiger partial charge in [-0.1, -0.05) is 23.2 Å². The van der Waals surface area contributed by atoms with Gasteiger partial charge in [-0.2, -0.15) is 5.10 Å². The van der Waals surface area contributed by atoms with Gasteiger partial charge >= 0.3 is 0 Å². The number of nitrogens with zero attached hydrogens (tertiary/aromatic N) is 2. The summed E-state index contributed by atoms with van der Waals surface area (Å²) in [6, 6.07) is 3.72. The minimum atomic E-state index is -0.219. The van der Waals surface area contributed by atoms with E-state index in [-0.39, 0.29) is 18.0 Å². The molecule has 156 valence electrons. The van der Waals surface area contributed by atoms with Gasteiger partial charge in [-0.3, -0.25) is 14.7 Å². The summed E-state index contributed by atoms with van der Waals surface area (Å²) in [5, 5.41) is 8.06. The van der Waals surface area contributed by atoms with E-state index in [9.17, 15) is 9.59 Å². The summed E-state index contributed by atoms with van der Waals surface area (Å²) in [6.07, 6.45) is 0.575. The highest BCUT2D eigenvalue weighted by Crippen LogP contribution is 2.41. The fraction of sp³-hybridized carbons (Fsp3) is 0.318. The van der Waals surface area contributed by atoms with Gasteiger partial charge in [-0.05, 0) is 57.4 Å². The minimum absolute atomic E-state index is 0.173. The number of benzene rings is 1. The van der Waals surface area contributed by atoms with Crippen LogP contribution in [0.3, 0.4) is 0 Å².